The molecule has 3 rings (SSSR count). The van der Waals surface area contributed by atoms with Gasteiger partial charge in [0.05, 0.1) is 18.7 Å². The molecule has 0 aliphatic carbocycles. The molecule has 2 N–H and O–H groups in total. The lowest BCUT2D eigenvalue weighted by Crippen LogP contribution is -2.41. The average Bonchev–Trinajstić information content (AvgIpc) is 3.18. The highest BCUT2D eigenvalue weighted by Crippen LogP contribution is 2.33. The van der Waals surface area contributed by atoms with Crippen LogP contribution in [0.2, 0.25) is 5.02 Å². The summed E-state index contributed by atoms with van der Waals surface area (Å²) in [6, 6.07) is 5.82. The van der Waals surface area contributed by atoms with Gasteiger partial charge in [-0.25, -0.2) is 0 Å². The fraction of sp³-hybridized carbons (Fsp3) is 0.562. The SMILES string of the molecule is COc1ccc(Cl)cc1N1CCC(NC(=O)C2CCNC2)C1. The van der Waals surface area contributed by atoms with Gasteiger partial charge in [0, 0.05) is 30.7 Å². The van der Waals surface area contributed by atoms with Crippen LogP contribution in [0.25, 0.3) is 0 Å². The van der Waals surface area contributed by atoms with Gasteiger partial charge in [-0.05, 0) is 37.6 Å². The minimum atomic E-state index is 0.120. The molecule has 2 fully saturated rings. The Bertz CT molecular complexity index is 546. The summed E-state index contributed by atoms with van der Waals surface area (Å²) in [7, 11) is 1.66. The van der Waals surface area contributed by atoms with Crippen LogP contribution in [0.3, 0.4) is 0 Å². The minimum Gasteiger partial charge on any atom is -0.495 e. The summed E-state index contributed by atoms with van der Waals surface area (Å²) in [4.78, 5) is 14.4. The molecule has 0 aromatic heterocycles. The molecule has 2 aliphatic rings. The Hall–Kier alpha value is -1.46. The van der Waals surface area contributed by atoms with Crippen LogP contribution in [0.1, 0.15) is 12.8 Å². The Morgan fingerprint density at radius 1 is 1.45 bits per heavy atom. The first-order chi connectivity index (χ1) is 10.7. The van der Waals surface area contributed by atoms with E-state index in [1.54, 1.807) is 7.11 Å². The largest absolute Gasteiger partial charge is 0.495 e. The van der Waals surface area contributed by atoms with E-state index in [0.29, 0.717) is 5.02 Å². The van der Waals surface area contributed by atoms with Crippen molar-refractivity contribution in [3.63, 3.8) is 0 Å². The summed E-state index contributed by atoms with van der Waals surface area (Å²) < 4.78 is 5.41. The standard InChI is InChI=1S/C16H22ClN3O2/c1-22-15-3-2-12(17)8-14(15)20-7-5-13(10-20)19-16(21)11-4-6-18-9-11/h2-3,8,11,13,18H,4-7,9-10H2,1H3,(H,19,21). The highest BCUT2D eigenvalue weighted by molar-refractivity contribution is 6.30. The van der Waals surface area contributed by atoms with Gasteiger partial charge in [0.25, 0.3) is 0 Å². The molecule has 2 unspecified atom stereocenters. The molecule has 6 heteroatoms. The Labute approximate surface area is 136 Å². The molecule has 1 aromatic rings. The number of hydrogen-bond acceptors (Lipinski definition) is 4. The first kappa shape index (κ1) is 15.4. The maximum atomic E-state index is 12.2. The molecule has 5 nitrogen and oxygen atoms in total. The van der Waals surface area contributed by atoms with Crippen LogP contribution < -0.4 is 20.3 Å². The second-order valence-electron chi connectivity index (χ2n) is 5.95. The molecule has 1 aromatic carbocycles. The number of rotatable bonds is 4. The van der Waals surface area contributed by atoms with Crippen LogP contribution in [-0.4, -0.2) is 45.2 Å². The van der Waals surface area contributed by atoms with E-state index in [9.17, 15) is 4.79 Å². The molecule has 0 radical (unpaired) electrons. The van der Waals surface area contributed by atoms with E-state index in [-0.39, 0.29) is 17.9 Å². The van der Waals surface area contributed by atoms with Gasteiger partial charge < -0.3 is 20.3 Å². The van der Waals surface area contributed by atoms with Crippen LogP contribution in [0, 0.1) is 5.92 Å². The lowest BCUT2D eigenvalue weighted by molar-refractivity contribution is -0.125. The van der Waals surface area contributed by atoms with Crippen LogP contribution in [-0.2, 0) is 4.79 Å². The molecule has 0 spiro atoms. The molecule has 2 heterocycles. The molecular weight excluding hydrogens is 302 g/mol. The highest BCUT2D eigenvalue weighted by Gasteiger charge is 2.29. The van der Waals surface area contributed by atoms with Crippen molar-refractivity contribution in [3.05, 3.63) is 23.2 Å². The van der Waals surface area contributed by atoms with Crippen LogP contribution in [0.4, 0.5) is 5.69 Å². The number of methoxy groups -OCH3 is 1. The Morgan fingerprint density at radius 2 is 2.32 bits per heavy atom. The average molecular weight is 324 g/mol. The van der Waals surface area contributed by atoms with Crippen molar-refractivity contribution in [2.24, 2.45) is 5.92 Å². The number of carbonyl (C=O) groups is 1. The van der Waals surface area contributed by atoms with Crippen LogP contribution in [0.15, 0.2) is 18.2 Å². The third-order valence-electron chi connectivity index (χ3n) is 4.45. The topological polar surface area (TPSA) is 53.6 Å². The number of benzene rings is 1. The van der Waals surface area contributed by atoms with Crippen molar-refractivity contribution in [2.75, 3.05) is 38.2 Å². The third kappa shape index (κ3) is 3.31. The Morgan fingerprint density at radius 3 is 3.05 bits per heavy atom. The van der Waals surface area contributed by atoms with Gasteiger partial charge in [-0.2, -0.15) is 0 Å². The van der Waals surface area contributed by atoms with E-state index in [4.69, 9.17) is 16.3 Å². The van der Waals surface area contributed by atoms with Gasteiger partial charge in [-0.15, -0.1) is 0 Å². The molecule has 2 saturated heterocycles. The number of hydrogen-bond donors (Lipinski definition) is 2. The molecule has 120 valence electrons. The number of carbonyl (C=O) groups excluding carboxylic acids is 1. The van der Waals surface area contributed by atoms with Crippen molar-refractivity contribution in [1.82, 2.24) is 10.6 Å². The van der Waals surface area contributed by atoms with E-state index in [0.717, 1.165) is 50.5 Å². The molecular formula is C16H22ClN3O2. The lowest BCUT2D eigenvalue weighted by Gasteiger charge is -2.22. The summed E-state index contributed by atoms with van der Waals surface area (Å²) in [5.41, 5.74) is 0.995. The molecule has 2 aliphatic heterocycles. The molecule has 0 bridgehead atoms. The summed E-state index contributed by atoms with van der Waals surface area (Å²) >= 11 is 6.10. The predicted octanol–water partition coefficient (Wildman–Crippen LogP) is 1.65. The van der Waals surface area contributed by atoms with Gasteiger partial charge in [-0.3, -0.25) is 4.79 Å². The van der Waals surface area contributed by atoms with Gasteiger partial charge in [-0.1, -0.05) is 11.6 Å². The zero-order valence-corrected chi connectivity index (χ0v) is 13.5. The van der Waals surface area contributed by atoms with Crippen molar-refractivity contribution >= 4 is 23.2 Å². The van der Waals surface area contributed by atoms with E-state index >= 15 is 0 Å². The van der Waals surface area contributed by atoms with Crippen molar-refractivity contribution in [3.8, 4) is 5.75 Å². The number of nitrogens with one attached hydrogen (secondary N) is 2. The van der Waals surface area contributed by atoms with E-state index in [1.165, 1.54) is 0 Å². The second-order valence-corrected chi connectivity index (χ2v) is 6.38. The number of amides is 1. The number of nitrogens with zero attached hydrogens (tertiary/aromatic N) is 1. The Kier molecular flexibility index (Phi) is 4.74. The van der Waals surface area contributed by atoms with Crippen molar-refractivity contribution in [1.29, 1.82) is 0 Å². The van der Waals surface area contributed by atoms with E-state index in [1.807, 2.05) is 18.2 Å². The molecule has 2 atom stereocenters. The van der Waals surface area contributed by atoms with Gasteiger partial charge in [0.15, 0.2) is 0 Å². The fourth-order valence-corrected chi connectivity index (χ4v) is 3.37. The van der Waals surface area contributed by atoms with Crippen molar-refractivity contribution < 1.29 is 9.53 Å². The van der Waals surface area contributed by atoms with Gasteiger partial charge in [0.2, 0.25) is 5.91 Å². The fourth-order valence-electron chi connectivity index (χ4n) is 3.20. The number of ether oxygens (including phenoxy) is 1. The minimum absolute atomic E-state index is 0.120. The summed E-state index contributed by atoms with van der Waals surface area (Å²) in [5, 5.41) is 7.10. The quantitative estimate of drug-likeness (QED) is 0.885. The normalized spacial score (nSPS) is 24.5. The number of halogens is 1. The van der Waals surface area contributed by atoms with Crippen LogP contribution in [0.5, 0.6) is 5.75 Å². The monoisotopic (exact) mass is 323 g/mol. The zero-order chi connectivity index (χ0) is 15.5. The van der Waals surface area contributed by atoms with Gasteiger partial charge >= 0.3 is 0 Å². The maximum absolute atomic E-state index is 12.2. The molecule has 0 saturated carbocycles. The third-order valence-corrected chi connectivity index (χ3v) is 4.68. The second kappa shape index (κ2) is 6.75. The van der Waals surface area contributed by atoms with Crippen LogP contribution >= 0.6 is 11.6 Å². The predicted molar refractivity (Wildman–Crippen MR) is 87.7 cm³/mol. The summed E-state index contributed by atoms with van der Waals surface area (Å²) in [6.07, 6.45) is 1.88. The highest BCUT2D eigenvalue weighted by atomic mass is 35.5. The molecule has 1 amide bonds. The zero-order valence-electron chi connectivity index (χ0n) is 12.8. The van der Waals surface area contributed by atoms with Crippen molar-refractivity contribution in [2.45, 2.75) is 18.9 Å². The van der Waals surface area contributed by atoms with E-state index in [2.05, 4.69) is 15.5 Å². The Balaban J connectivity index is 1.62. The lowest BCUT2D eigenvalue weighted by atomic mass is 10.1. The maximum Gasteiger partial charge on any atom is 0.224 e. The first-order valence-corrected chi connectivity index (χ1v) is 8.14. The number of anilines is 1. The molecule has 22 heavy (non-hydrogen) atoms. The summed E-state index contributed by atoms with van der Waals surface area (Å²) in [5.74, 6) is 1.11. The smallest absolute Gasteiger partial charge is 0.224 e. The van der Waals surface area contributed by atoms with Gasteiger partial charge in [0.1, 0.15) is 5.75 Å². The first-order valence-electron chi connectivity index (χ1n) is 7.77. The summed E-state index contributed by atoms with van der Waals surface area (Å²) in [6.45, 7) is 3.42. The van der Waals surface area contributed by atoms with E-state index < -0.39 is 0 Å².